The number of ether oxygens (including phenoxy) is 1. The molecule has 1 aliphatic rings. The van der Waals surface area contributed by atoms with Crippen molar-refractivity contribution in [3.63, 3.8) is 0 Å². The number of carbonyl (C=O) groups is 2. The maximum atomic E-state index is 12.4. The number of para-hydroxylation sites is 1. The van der Waals surface area contributed by atoms with E-state index in [1.807, 2.05) is 6.07 Å². The van der Waals surface area contributed by atoms with Crippen molar-refractivity contribution in [1.29, 1.82) is 0 Å². The Morgan fingerprint density at radius 2 is 1.88 bits per heavy atom. The highest BCUT2D eigenvalue weighted by atomic mass is 16.5. The molecule has 3 rings (SSSR count). The van der Waals surface area contributed by atoms with Crippen LogP contribution in [0.15, 0.2) is 48.5 Å². The highest BCUT2D eigenvalue weighted by molar-refractivity contribution is 5.95. The predicted octanol–water partition coefficient (Wildman–Crippen LogP) is 3.05. The van der Waals surface area contributed by atoms with Gasteiger partial charge in [-0.3, -0.25) is 10.1 Å². The van der Waals surface area contributed by atoms with E-state index in [0.29, 0.717) is 17.8 Å². The number of nitrogens with one attached hydrogen (secondary N) is 2. The Bertz CT molecular complexity index is 789. The van der Waals surface area contributed by atoms with E-state index in [0.717, 1.165) is 13.0 Å². The van der Waals surface area contributed by atoms with Gasteiger partial charge in [0, 0.05) is 36.1 Å². The molecule has 0 aliphatic carbocycles. The molecule has 0 bridgehead atoms. The van der Waals surface area contributed by atoms with E-state index < -0.39 is 6.09 Å². The topological polar surface area (TPSA) is 70.7 Å². The summed E-state index contributed by atoms with van der Waals surface area (Å²) in [5.41, 5.74) is 3.75. The summed E-state index contributed by atoms with van der Waals surface area (Å²) < 4.78 is 4.54. The van der Waals surface area contributed by atoms with Crippen molar-refractivity contribution < 1.29 is 14.3 Å². The number of hydrogen-bond donors (Lipinski definition) is 2. The number of nitrogens with zero attached hydrogens (tertiary/aromatic N) is 1. The molecule has 136 valence electrons. The molecule has 2 amide bonds. The molecule has 1 atom stereocenters. The van der Waals surface area contributed by atoms with Gasteiger partial charge in [-0.05, 0) is 49.2 Å². The van der Waals surface area contributed by atoms with Gasteiger partial charge in [0.05, 0.1) is 7.11 Å². The van der Waals surface area contributed by atoms with Gasteiger partial charge in [-0.25, -0.2) is 4.79 Å². The molecular formula is C20H23N3O3. The van der Waals surface area contributed by atoms with Gasteiger partial charge < -0.3 is 15.0 Å². The van der Waals surface area contributed by atoms with E-state index in [1.165, 1.54) is 18.4 Å². The number of hydrogen-bond acceptors (Lipinski definition) is 4. The first-order valence-electron chi connectivity index (χ1n) is 8.66. The number of benzene rings is 2. The third-order valence-electron chi connectivity index (χ3n) is 4.59. The Morgan fingerprint density at radius 3 is 2.62 bits per heavy atom. The average molecular weight is 353 g/mol. The van der Waals surface area contributed by atoms with Gasteiger partial charge in [0.1, 0.15) is 0 Å². The van der Waals surface area contributed by atoms with Crippen LogP contribution in [-0.2, 0) is 11.2 Å². The fourth-order valence-electron chi connectivity index (χ4n) is 3.15. The molecule has 2 N–H and O–H groups in total. The van der Waals surface area contributed by atoms with Crippen LogP contribution in [0, 0.1) is 0 Å². The van der Waals surface area contributed by atoms with E-state index in [1.54, 1.807) is 24.3 Å². The maximum Gasteiger partial charge on any atom is 0.411 e. The van der Waals surface area contributed by atoms with Crippen LogP contribution in [0.1, 0.15) is 22.8 Å². The minimum absolute atomic E-state index is 0.131. The van der Waals surface area contributed by atoms with Crippen LogP contribution in [0.25, 0.3) is 0 Å². The van der Waals surface area contributed by atoms with Crippen LogP contribution < -0.4 is 15.5 Å². The van der Waals surface area contributed by atoms with Crippen LogP contribution in [0.5, 0.6) is 0 Å². The largest absolute Gasteiger partial charge is 0.453 e. The smallest absolute Gasteiger partial charge is 0.411 e. The van der Waals surface area contributed by atoms with Crippen molar-refractivity contribution in [2.45, 2.75) is 19.4 Å². The molecule has 6 heteroatoms. The Morgan fingerprint density at radius 1 is 1.15 bits per heavy atom. The van der Waals surface area contributed by atoms with Crippen molar-refractivity contribution in [2.24, 2.45) is 0 Å². The third-order valence-corrected chi connectivity index (χ3v) is 4.59. The number of carbonyl (C=O) groups excluding carboxylic acids is 2. The number of rotatable bonds is 5. The molecular weight excluding hydrogens is 330 g/mol. The number of fused-ring (bicyclic) bond motifs is 1. The molecule has 0 saturated heterocycles. The van der Waals surface area contributed by atoms with Crippen molar-refractivity contribution in [3.05, 3.63) is 59.7 Å². The molecule has 2 aromatic carbocycles. The second-order valence-electron chi connectivity index (χ2n) is 6.33. The standard InChI is InChI=1S/C20H23N3O3/c1-14(23-12-11-15-5-3-4-6-18(15)23)13-21-19(24)16-7-9-17(10-8-16)22-20(25)26-2/h3-10,14H,11-13H2,1-2H3,(H,21,24)(H,22,25). The zero-order valence-corrected chi connectivity index (χ0v) is 15.0. The summed E-state index contributed by atoms with van der Waals surface area (Å²) in [6.07, 6.45) is 0.505. The van der Waals surface area contributed by atoms with Crippen LogP contribution in [-0.4, -0.2) is 38.2 Å². The monoisotopic (exact) mass is 353 g/mol. The molecule has 1 unspecified atom stereocenters. The molecule has 1 heterocycles. The Hall–Kier alpha value is -3.02. The quantitative estimate of drug-likeness (QED) is 0.867. The lowest BCUT2D eigenvalue weighted by Crippen LogP contribution is -2.41. The van der Waals surface area contributed by atoms with E-state index in [4.69, 9.17) is 0 Å². The lowest BCUT2D eigenvalue weighted by molar-refractivity contribution is 0.0951. The fraction of sp³-hybridized carbons (Fsp3) is 0.300. The Labute approximate surface area is 153 Å². The van der Waals surface area contributed by atoms with Crippen LogP contribution in [0.2, 0.25) is 0 Å². The van der Waals surface area contributed by atoms with Gasteiger partial charge in [0.2, 0.25) is 0 Å². The van der Waals surface area contributed by atoms with E-state index in [2.05, 4.69) is 45.4 Å². The SMILES string of the molecule is COC(=O)Nc1ccc(C(=O)NCC(C)N2CCc3ccccc32)cc1. The lowest BCUT2D eigenvalue weighted by atomic mass is 10.1. The van der Waals surface area contributed by atoms with Crippen molar-refractivity contribution in [1.82, 2.24) is 5.32 Å². The first-order valence-corrected chi connectivity index (χ1v) is 8.66. The first-order chi connectivity index (χ1) is 12.6. The summed E-state index contributed by atoms with van der Waals surface area (Å²) in [7, 11) is 1.30. The van der Waals surface area contributed by atoms with Crippen LogP contribution >= 0.6 is 0 Å². The van der Waals surface area contributed by atoms with Gasteiger partial charge >= 0.3 is 6.09 Å². The zero-order chi connectivity index (χ0) is 18.5. The molecule has 0 aromatic heterocycles. The highest BCUT2D eigenvalue weighted by Crippen LogP contribution is 2.28. The second kappa shape index (κ2) is 7.91. The molecule has 1 aliphatic heterocycles. The summed E-state index contributed by atoms with van der Waals surface area (Å²) in [5, 5.41) is 5.54. The molecule has 2 aromatic rings. The van der Waals surface area contributed by atoms with Crippen LogP contribution in [0.4, 0.5) is 16.2 Å². The molecule has 0 radical (unpaired) electrons. The minimum Gasteiger partial charge on any atom is -0.453 e. The summed E-state index contributed by atoms with van der Waals surface area (Å²) in [5.74, 6) is -0.131. The average Bonchev–Trinajstić information content (AvgIpc) is 3.10. The third kappa shape index (κ3) is 3.96. The Kier molecular flexibility index (Phi) is 5.41. The highest BCUT2D eigenvalue weighted by Gasteiger charge is 2.23. The summed E-state index contributed by atoms with van der Waals surface area (Å²) in [4.78, 5) is 25.9. The van der Waals surface area contributed by atoms with E-state index in [9.17, 15) is 9.59 Å². The molecule has 0 spiro atoms. The molecule has 0 fully saturated rings. The minimum atomic E-state index is -0.540. The van der Waals surface area contributed by atoms with Gasteiger partial charge in [0.25, 0.3) is 5.91 Å². The second-order valence-corrected chi connectivity index (χ2v) is 6.33. The molecule has 0 saturated carbocycles. The van der Waals surface area contributed by atoms with Crippen LogP contribution in [0.3, 0.4) is 0 Å². The number of methoxy groups -OCH3 is 1. The summed E-state index contributed by atoms with van der Waals surface area (Å²) in [6.45, 7) is 3.66. The van der Waals surface area contributed by atoms with E-state index in [-0.39, 0.29) is 11.9 Å². The van der Waals surface area contributed by atoms with Gasteiger partial charge in [0.15, 0.2) is 0 Å². The maximum absolute atomic E-state index is 12.4. The lowest BCUT2D eigenvalue weighted by Gasteiger charge is -2.27. The van der Waals surface area contributed by atoms with Crippen molar-refractivity contribution >= 4 is 23.4 Å². The Balaban J connectivity index is 1.55. The number of amides is 2. The van der Waals surface area contributed by atoms with Crippen molar-refractivity contribution in [2.75, 3.05) is 30.4 Å². The molecule has 6 nitrogen and oxygen atoms in total. The normalized spacial score (nSPS) is 13.7. The summed E-state index contributed by atoms with van der Waals surface area (Å²) in [6, 6.07) is 15.3. The molecule has 26 heavy (non-hydrogen) atoms. The predicted molar refractivity (Wildman–Crippen MR) is 102 cm³/mol. The van der Waals surface area contributed by atoms with E-state index >= 15 is 0 Å². The fourth-order valence-corrected chi connectivity index (χ4v) is 3.15. The van der Waals surface area contributed by atoms with Gasteiger partial charge in [-0.15, -0.1) is 0 Å². The summed E-state index contributed by atoms with van der Waals surface area (Å²) >= 11 is 0. The first kappa shape index (κ1) is 17.8. The van der Waals surface area contributed by atoms with Gasteiger partial charge in [-0.2, -0.15) is 0 Å². The number of anilines is 2. The van der Waals surface area contributed by atoms with Gasteiger partial charge in [-0.1, -0.05) is 18.2 Å². The zero-order valence-electron chi connectivity index (χ0n) is 15.0. The van der Waals surface area contributed by atoms with Crippen molar-refractivity contribution in [3.8, 4) is 0 Å².